The van der Waals surface area contributed by atoms with Crippen LogP contribution in [0.1, 0.15) is 12.8 Å². The van der Waals surface area contributed by atoms with Gasteiger partial charge < -0.3 is 4.90 Å². The highest BCUT2D eigenvalue weighted by molar-refractivity contribution is 9.09. The number of carbonyl (C=O) groups is 1. The van der Waals surface area contributed by atoms with Gasteiger partial charge in [0.1, 0.15) is 0 Å². The third-order valence-electron chi connectivity index (χ3n) is 1.78. The second-order valence-electron chi connectivity index (χ2n) is 2.45. The third-order valence-corrected chi connectivity index (χ3v) is 2.26. The summed E-state index contributed by atoms with van der Waals surface area (Å²) in [5.74, 6) is -0.0490. The molecular weight excluding hydrogens is 212 g/mol. The predicted molar refractivity (Wildman–Crippen MR) is 44.3 cm³/mol. The number of carbonyl (C=O) groups excluding carboxylic acids is 1. The summed E-state index contributed by atoms with van der Waals surface area (Å²) < 4.78 is 0. The van der Waals surface area contributed by atoms with E-state index in [1.165, 1.54) is 4.90 Å². The Morgan fingerprint density at radius 2 is 2.45 bits per heavy atom. The maximum absolute atomic E-state index is 11.1. The van der Waals surface area contributed by atoms with Crippen LogP contribution in [0.4, 0.5) is 0 Å². The smallest absolute Gasteiger partial charge is 0.235 e. The number of hydrogen-bond acceptors (Lipinski definition) is 3. The third kappa shape index (κ3) is 1.77. The highest BCUT2D eigenvalue weighted by Crippen LogP contribution is 2.18. The fourth-order valence-electron chi connectivity index (χ4n) is 1.23. The molecule has 4 nitrogen and oxygen atoms in total. The summed E-state index contributed by atoms with van der Waals surface area (Å²) in [6.45, 7) is 0.668. The van der Waals surface area contributed by atoms with Gasteiger partial charge >= 0.3 is 0 Å². The summed E-state index contributed by atoms with van der Waals surface area (Å²) in [4.78, 5) is 22.8. The first-order chi connectivity index (χ1) is 5.29. The van der Waals surface area contributed by atoms with Crippen molar-refractivity contribution in [3.63, 3.8) is 0 Å². The minimum atomic E-state index is -0.417. The van der Waals surface area contributed by atoms with E-state index in [0.717, 1.165) is 6.42 Å². The first-order valence-corrected chi connectivity index (χ1v) is 4.59. The van der Waals surface area contributed by atoms with Crippen LogP contribution in [0.5, 0.6) is 0 Å². The number of likely N-dealkylation sites (tertiary alicyclic amines) is 1. The molecule has 1 aliphatic rings. The van der Waals surface area contributed by atoms with Crippen LogP contribution in [0, 0.1) is 4.91 Å². The van der Waals surface area contributed by atoms with Crippen molar-refractivity contribution in [2.75, 3.05) is 11.9 Å². The summed E-state index contributed by atoms with van der Waals surface area (Å²) in [5, 5.41) is 3.15. The van der Waals surface area contributed by atoms with Gasteiger partial charge in [-0.15, -0.1) is 4.91 Å². The Morgan fingerprint density at radius 1 is 1.73 bits per heavy atom. The number of amides is 1. The summed E-state index contributed by atoms with van der Waals surface area (Å²) in [6.07, 6.45) is 1.18. The zero-order valence-corrected chi connectivity index (χ0v) is 7.58. The second-order valence-corrected chi connectivity index (χ2v) is 3.01. The molecule has 1 amide bonds. The van der Waals surface area contributed by atoms with Crippen LogP contribution in [-0.4, -0.2) is 28.8 Å². The van der Waals surface area contributed by atoms with Crippen molar-refractivity contribution in [2.24, 2.45) is 5.18 Å². The molecule has 0 aliphatic carbocycles. The lowest BCUT2D eigenvalue weighted by atomic mass is 10.3. The Hall–Kier alpha value is -0.450. The molecule has 5 heteroatoms. The molecule has 11 heavy (non-hydrogen) atoms. The number of nitroso groups, excluding NO2 is 1. The van der Waals surface area contributed by atoms with E-state index in [4.69, 9.17) is 0 Å². The highest BCUT2D eigenvalue weighted by atomic mass is 79.9. The monoisotopic (exact) mass is 220 g/mol. The van der Waals surface area contributed by atoms with Gasteiger partial charge in [-0.2, -0.15) is 0 Å². The van der Waals surface area contributed by atoms with Gasteiger partial charge in [-0.1, -0.05) is 15.9 Å². The molecule has 1 aliphatic heterocycles. The summed E-state index contributed by atoms with van der Waals surface area (Å²) in [7, 11) is 0. The lowest BCUT2D eigenvalue weighted by molar-refractivity contribution is -0.128. The normalized spacial score (nSPS) is 23.7. The number of nitrogens with zero attached hydrogens (tertiary/aromatic N) is 2. The number of halogens is 1. The SMILES string of the molecule is O=N[C@@H]1CCCN1C(=O)CBr. The van der Waals surface area contributed by atoms with Gasteiger partial charge in [0.2, 0.25) is 5.91 Å². The largest absolute Gasteiger partial charge is 0.317 e. The van der Waals surface area contributed by atoms with Gasteiger partial charge in [0, 0.05) is 6.54 Å². The lowest BCUT2D eigenvalue weighted by Gasteiger charge is -2.17. The van der Waals surface area contributed by atoms with Crippen molar-refractivity contribution >= 4 is 21.8 Å². The molecule has 1 rings (SSSR count). The topological polar surface area (TPSA) is 49.7 Å². The van der Waals surface area contributed by atoms with E-state index in [1.54, 1.807) is 0 Å². The van der Waals surface area contributed by atoms with Crippen LogP contribution >= 0.6 is 15.9 Å². The van der Waals surface area contributed by atoms with Crippen LogP contribution in [0.2, 0.25) is 0 Å². The van der Waals surface area contributed by atoms with Crippen molar-refractivity contribution in [3.05, 3.63) is 4.91 Å². The fraction of sp³-hybridized carbons (Fsp3) is 0.833. The molecule has 1 atom stereocenters. The summed E-state index contributed by atoms with van der Waals surface area (Å²) >= 11 is 3.05. The van der Waals surface area contributed by atoms with Crippen molar-refractivity contribution < 1.29 is 4.79 Å². The fourth-order valence-corrected chi connectivity index (χ4v) is 1.55. The molecule has 0 unspecified atom stereocenters. The van der Waals surface area contributed by atoms with E-state index in [9.17, 15) is 9.70 Å². The van der Waals surface area contributed by atoms with E-state index in [1.807, 2.05) is 0 Å². The molecule has 62 valence electrons. The average molecular weight is 221 g/mol. The molecule has 1 saturated heterocycles. The van der Waals surface area contributed by atoms with Crippen LogP contribution in [0.3, 0.4) is 0 Å². The number of rotatable bonds is 2. The van der Waals surface area contributed by atoms with Gasteiger partial charge in [-0.3, -0.25) is 4.79 Å². The van der Waals surface area contributed by atoms with Gasteiger partial charge in [0.05, 0.1) is 5.33 Å². The van der Waals surface area contributed by atoms with E-state index in [-0.39, 0.29) is 11.2 Å². The van der Waals surface area contributed by atoms with Crippen molar-refractivity contribution in [3.8, 4) is 0 Å². The molecule has 1 fully saturated rings. The van der Waals surface area contributed by atoms with Crippen molar-refractivity contribution in [1.82, 2.24) is 4.90 Å². The minimum absolute atomic E-state index is 0.0490. The Labute approximate surface area is 73.0 Å². The Morgan fingerprint density at radius 3 is 3.00 bits per heavy atom. The molecule has 0 N–H and O–H groups in total. The molecular formula is C6H9BrN2O2. The Kier molecular flexibility index (Phi) is 2.99. The first-order valence-electron chi connectivity index (χ1n) is 3.47. The lowest BCUT2D eigenvalue weighted by Crippen LogP contribution is -2.34. The molecule has 1 heterocycles. The number of alkyl halides is 1. The highest BCUT2D eigenvalue weighted by Gasteiger charge is 2.28. The summed E-state index contributed by atoms with van der Waals surface area (Å²) in [5.41, 5.74) is 0. The van der Waals surface area contributed by atoms with Gasteiger partial charge in [0.25, 0.3) is 0 Å². The van der Waals surface area contributed by atoms with E-state index in [0.29, 0.717) is 13.0 Å². The van der Waals surface area contributed by atoms with Crippen molar-refractivity contribution in [2.45, 2.75) is 19.0 Å². The minimum Gasteiger partial charge on any atom is -0.317 e. The van der Waals surface area contributed by atoms with Crippen molar-refractivity contribution in [1.29, 1.82) is 0 Å². The van der Waals surface area contributed by atoms with Gasteiger partial charge in [-0.05, 0) is 18.0 Å². The predicted octanol–water partition coefficient (Wildman–Crippen LogP) is 1.10. The second kappa shape index (κ2) is 3.80. The average Bonchev–Trinajstić information content (AvgIpc) is 2.50. The zero-order valence-electron chi connectivity index (χ0n) is 5.99. The molecule has 0 radical (unpaired) electrons. The molecule has 0 bridgehead atoms. The van der Waals surface area contributed by atoms with E-state index >= 15 is 0 Å². The maximum Gasteiger partial charge on any atom is 0.235 e. The number of hydrogen-bond donors (Lipinski definition) is 0. The Bertz CT molecular complexity index is 174. The maximum atomic E-state index is 11.1. The Balaban J connectivity index is 2.56. The molecule has 0 aromatic carbocycles. The van der Waals surface area contributed by atoms with Crippen LogP contribution in [-0.2, 0) is 4.79 Å². The zero-order chi connectivity index (χ0) is 8.27. The molecule has 0 aromatic rings. The molecule has 0 spiro atoms. The molecule has 0 saturated carbocycles. The van der Waals surface area contributed by atoms with Crippen LogP contribution in [0.25, 0.3) is 0 Å². The quantitative estimate of drug-likeness (QED) is 0.517. The van der Waals surface area contributed by atoms with Crippen LogP contribution < -0.4 is 0 Å². The van der Waals surface area contributed by atoms with E-state index in [2.05, 4.69) is 21.1 Å². The van der Waals surface area contributed by atoms with Gasteiger partial charge in [0.15, 0.2) is 6.17 Å². The van der Waals surface area contributed by atoms with E-state index < -0.39 is 6.17 Å². The standard InChI is InChI=1S/C6H9BrN2O2/c7-4-6(10)9-3-1-2-5(9)8-11/h5H,1-4H2/t5-/m0/s1. The molecule has 0 aromatic heterocycles. The summed E-state index contributed by atoms with van der Waals surface area (Å²) in [6, 6.07) is 0. The van der Waals surface area contributed by atoms with Crippen LogP contribution in [0.15, 0.2) is 5.18 Å². The first kappa shape index (κ1) is 8.64. The van der Waals surface area contributed by atoms with Gasteiger partial charge in [-0.25, -0.2) is 0 Å².